The van der Waals surface area contributed by atoms with Crippen LogP contribution in [0.3, 0.4) is 0 Å². The van der Waals surface area contributed by atoms with Crippen molar-refractivity contribution >= 4 is 11.9 Å². The summed E-state index contributed by atoms with van der Waals surface area (Å²) < 4.78 is 32.7. The number of hydrogen-bond donors (Lipinski definition) is 1. The van der Waals surface area contributed by atoms with E-state index in [-0.39, 0.29) is 5.56 Å². The van der Waals surface area contributed by atoms with E-state index in [0.717, 1.165) is 11.1 Å². The van der Waals surface area contributed by atoms with E-state index < -0.39 is 23.8 Å². The minimum atomic E-state index is -1.02. The van der Waals surface area contributed by atoms with E-state index in [2.05, 4.69) is 24.9 Å². The van der Waals surface area contributed by atoms with Gasteiger partial charge in [0.1, 0.15) is 0 Å². The number of aromatic nitrogens is 6. The highest BCUT2D eigenvalue weighted by Gasteiger charge is 2.08. The fourth-order valence-electron chi connectivity index (χ4n) is 2.61. The van der Waals surface area contributed by atoms with Crippen molar-refractivity contribution in [1.82, 2.24) is 29.5 Å². The summed E-state index contributed by atoms with van der Waals surface area (Å²) >= 11 is 0. The van der Waals surface area contributed by atoms with Crippen LogP contribution in [0.5, 0.6) is 0 Å². The first-order chi connectivity index (χ1) is 15.8. The summed E-state index contributed by atoms with van der Waals surface area (Å²) in [5.74, 6) is -2.53. The Hall–Kier alpha value is -4.48. The number of carboxylic acid groups (broad SMARTS) is 1. The Kier molecular flexibility index (Phi) is 7.52. The standard InChI is InChI=1S/C11H10FN3O2.C10H8FN3O2/c1-17-11(16)9-5-14-15(7-9)6-8-2-3-10(12)13-4-8;11-9-2-1-7(3-12-9)5-14-6-8(4-13-14)10(15)16/h2-5,7H,6H2,1H3;1-4,6H,5H2,(H,15,16). The Bertz CT molecular complexity index is 1220. The molecule has 10 nitrogen and oxygen atoms in total. The minimum absolute atomic E-state index is 0.120. The van der Waals surface area contributed by atoms with Crippen LogP contribution >= 0.6 is 0 Å². The number of rotatable bonds is 6. The van der Waals surface area contributed by atoms with E-state index in [1.807, 2.05) is 0 Å². The smallest absolute Gasteiger partial charge is 0.341 e. The normalized spacial score (nSPS) is 10.3. The minimum Gasteiger partial charge on any atom is -0.478 e. The third-order valence-electron chi connectivity index (χ3n) is 4.20. The van der Waals surface area contributed by atoms with Crippen LogP contribution in [0.4, 0.5) is 8.78 Å². The number of esters is 1. The van der Waals surface area contributed by atoms with Gasteiger partial charge in [0.05, 0.1) is 43.7 Å². The zero-order valence-electron chi connectivity index (χ0n) is 17.3. The van der Waals surface area contributed by atoms with Crippen molar-refractivity contribution in [2.24, 2.45) is 0 Å². The summed E-state index contributed by atoms with van der Waals surface area (Å²) in [5, 5.41) is 16.6. The highest BCUT2D eigenvalue weighted by atomic mass is 19.1. The van der Waals surface area contributed by atoms with Crippen LogP contribution in [-0.4, -0.2) is 53.7 Å². The number of carbonyl (C=O) groups is 2. The number of methoxy groups -OCH3 is 1. The van der Waals surface area contributed by atoms with Crippen LogP contribution in [0.1, 0.15) is 31.8 Å². The van der Waals surface area contributed by atoms with E-state index in [0.29, 0.717) is 18.7 Å². The first-order valence-corrected chi connectivity index (χ1v) is 9.41. The second kappa shape index (κ2) is 10.7. The number of carbonyl (C=O) groups excluding carboxylic acids is 1. The van der Waals surface area contributed by atoms with Gasteiger partial charge in [-0.2, -0.15) is 19.0 Å². The van der Waals surface area contributed by atoms with Crippen molar-refractivity contribution in [3.63, 3.8) is 0 Å². The number of hydrogen-bond acceptors (Lipinski definition) is 7. The molecule has 0 amide bonds. The van der Waals surface area contributed by atoms with Crippen LogP contribution in [0.2, 0.25) is 0 Å². The van der Waals surface area contributed by atoms with Crippen LogP contribution in [0.25, 0.3) is 0 Å². The van der Waals surface area contributed by atoms with Crippen molar-refractivity contribution < 1.29 is 28.2 Å². The van der Waals surface area contributed by atoms with Crippen molar-refractivity contribution in [3.8, 4) is 0 Å². The Balaban J connectivity index is 0.000000186. The monoisotopic (exact) mass is 456 g/mol. The lowest BCUT2D eigenvalue weighted by atomic mass is 10.3. The van der Waals surface area contributed by atoms with Crippen LogP contribution < -0.4 is 0 Å². The van der Waals surface area contributed by atoms with Gasteiger partial charge in [0.2, 0.25) is 11.9 Å². The molecule has 4 aromatic rings. The number of ether oxygens (including phenoxy) is 1. The molecule has 0 atom stereocenters. The van der Waals surface area contributed by atoms with Crippen molar-refractivity contribution in [1.29, 1.82) is 0 Å². The molecule has 4 aromatic heterocycles. The first kappa shape index (κ1) is 23.2. The Labute approximate surface area is 186 Å². The molecule has 0 aliphatic rings. The van der Waals surface area contributed by atoms with Gasteiger partial charge in [-0.15, -0.1) is 0 Å². The van der Waals surface area contributed by atoms with E-state index in [9.17, 15) is 18.4 Å². The van der Waals surface area contributed by atoms with Gasteiger partial charge in [0.15, 0.2) is 0 Å². The molecule has 0 aliphatic heterocycles. The summed E-state index contributed by atoms with van der Waals surface area (Å²) in [5.41, 5.74) is 2.05. The zero-order valence-corrected chi connectivity index (χ0v) is 17.3. The molecule has 1 N–H and O–H groups in total. The highest BCUT2D eigenvalue weighted by molar-refractivity contribution is 5.88. The molecule has 4 heterocycles. The maximum atomic E-state index is 12.6. The number of nitrogens with zero attached hydrogens (tertiary/aromatic N) is 6. The molecule has 0 saturated carbocycles. The van der Waals surface area contributed by atoms with E-state index in [4.69, 9.17) is 5.11 Å². The first-order valence-electron chi connectivity index (χ1n) is 9.41. The van der Waals surface area contributed by atoms with Crippen LogP contribution in [0.15, 0.2) is 61.4 Å². The van der Waals surface area contributed by atoms with Gasteiger partial charge in [-0.25, -0.2) is 19.6 Å². The fourth-order valence-corrected chi connectivity index (χ4v) is 2.61. The molecule has 33 heavy (non-hydrogen) atoms. The molecule has 4 rings (SSSR count). The number of pyridine rings is 2. The molecule has 0 aromatic carbocycles. The van der Waals surface area contributed by atoms with Crippen LogP contribution in [0, 0.1) is 11.9 Å². The molecule has 170 valence electrons. The Morgan fingerprint density at radius 1 is 0.848 bits per heavy atom. The molecular weight excluding hydrogens is 438 g/mol. The second-order valence-corrected chi connectivity index (χ2v) is 6.63. The average Bonchev–Trinajstić information content (AvgIpc) is 3.47. The van der Waals surface area contributed by atoms with Crippen molar-refractivity contribution in [2.75, 3.05) is 7.11 Å². The largest absolute Gasteiger partial charge is 0.478 e. The molecule has 0 spiro atoms. The van der Waals surface area contributed by atoms with Gasteiger partial charge >= 0.3 is 11.9 Å². The zero-order chi connectivity index (χ0) is 23.8. The lowest BCUT2D eigenvalue weighted by molar-refractivity contribution is 0.0599. The third kappa shape index (κ3) is 6.75. The van der Waals surface area contributed by atoms with E-state index in [1.165, 1.54) is 54.9 Å². The number of aromatic carboxylic acids is 1. The second-order valence-electron chi connectivity index (χ2n) is 6.63. The third-order valence-corrected chi connectivity index (χ3v) is 4.20. The van der Waals surface area contributed by atoms with E-state index >= 15 is 0 Å². The molecule has 0 radical (unpaired) electrons. The number of halogens is 2. The van der Waals surface area contributed by atoms with E-state index in [1.54, 1.807) is 23.0 Å². The average molecular weight is 456 g/mol. The SMILES string of the molecule is COC(=O)c1cnn(Cc2ccc(F)nc2)c1.O=C(O)c1cnn(Cc2ccc(F)nc2)c1. The topological polar surface area (TPSA) is 125 Å². The summed E-state index contributed by atoms with van der Waals surface area (Å²) in [6, 6.07) is 5.71. The molecule has 0 aliphatic carbocycles. The molecular formula is C21H18F2N6O4. The summed E-state index contributed by atoms with van der Waals surface area (Å²) in [6.07, 6.45) is 8.47. The quantitative estimate of drug-likeness (QED) is 0.346. The van der Waals surface area contributed by atoms with Gasteiger partial charge in [-0.1, -0.05) is 12.1 Å². The Morgan fingerprint density at radius 2 is 1.33 bits per heavy atom. The summed E-state index contributed by atoms with van der Waals surface area (Å²) in [4.78, 5) is 28.8. The highest BCUT2D eigenvalue weighted by Crippen LogP contribution is 2.05. The van der Waals surface area contributed by atoms with Crippen molar-refractivity contribution in [3.05, 3.63) is 95.6 Å². The summed E-state index contributed by atoms with van der Waals surface area (Å²) in [6.45, 7) is 0.783. The molecule has 0 unspecified atom stereocenters. The lowest BCUT2D eigenvalue weighted by Crippen LogP contribution is -2.02. The predicted molar refractivity (Wildman–Crippen MR) is 109 cm³/mol. The van der Waals surface area contributed by atoms with Gasteiger partial charge in [-0.3, -0.25) is 9.36 Å². The van der Waals surface area contributed by atoms with Gasteiger partial charge in [0, 0.05) is 24.8 Å². The maximum Gasteiger partial charge on any atom is 0.341 e. The maximum absolute atomic E-state index is 12.6. The van der Waals surface area contributed by atoms with Crippen LogP contribution in [-0.2, 0) is 17.8 Å². The van der Waals surface area contributed by atoms with Gasteiger partial charge in [-0.05, 0) is 23.3 Å². The Morgan fingerprint density at radius 3 is 1.73 bits per heavy atom. The van der Waals surface area contributed by atoms with Gasteiger partial charge in [0.25, 0.3) is 0 Å². The molecule has 0 saturated heterocycles. The molecule has 0 fully saturated rings. The number of carboxylic acids is 1. The molecule has 0 bridgehead atoms. The predicted octanol–water partition coefficient (Wildman–Crippen LogP) is 2.42. The fraction of sp³-hybridized carbons (Fsp3) is 0.143. The van der Waals surface area contributed by atoms with Crippen molar-refractivity contribution in [2.45, 2.75) is 13.1 Å². The van der Waals surface area contributed by atoms with Gasteiger partial charge < -0.3 is 9.84 Å². The summed E-state index contributed by atoms with van der Waals surface area (Å²) in [7, 11) is 1.31. The lowest BCUT2D eigenvalue weighted by Gasteiger charge is -2.00. The molecule has 12 heteroatoms.